The molecule has 1 N–H and O–H groups in total. The molecule has 19 heavy (non-hydrogen) atoms. The predicted octanol–water partition coefficient (Wildman–Crippen LogP) is 2.59. The molecule has 0 fully saturated rings. The fourth-order valence-corrected chi connectivity index (χ4v) is 1.99. The Morgan fingerprint density at radius 1 is 1.47 bits per heavy atom. The van der Waals surface area contributed by atoms with E-state index in [1.807, 2.05) is 13.0 Å². The first-order valence-corrected chi connectivity index (χ1v) is 5.91. The molecule has 0 saturated carbocycles. The molecule has 1 atom stereocenters. The number of hydrogen-bond donors (Lipinski definition) is 1. The summed E-state index contributed by atoms with van der Waals surface area (Å²) in [6.45, 7) is 2.53. The average Bonchev–Trinajstić information content (AvgIpc) is 2.38. The highest BCUT2D eigenvalue weighted by Crippen LogP contribution is 2.28. The average molecular weight is 261 g/mol. The summed E-state index contributed by atoms with van der Waals surface area (Å²) in [5.74, 6) is 0. The summed E-state index contributed by atoms with van der Waals surface area (Å²) in [4.78, 5) is 14.7. The van der Waals surface area contributed by atoms with E-state index in [4.69, 9.17) is 4.74 Å². The van der Waals surface area contributed by atoms with Crippen LogP contribution in [0.25, 0.3) is 10.9 Å². The number of benzene rings is 1. The van der Waals surface area contributed by atoms with Gasteiger partial charge in [-0.25, -0.2) is 4.98 Å². The Hall–Kier alpha value is -2.21. The summed E-state index contributed by atoms with van der Waals surface area (Å²) in [7, 11) is 1.63. The monoisotopic (exact) mass is 261 g/mol. The second-order valence-electron chi connectivity index (χ2n) is 4.29. The van der Waals surface area contributed by atoms with Crippen LogP contribution in [0.4, 0.5) is 11.4 Å². The van der Waals surface area contributed by atoms with Crippen LogP contribution in [0.1, 0.15) is 6.92 Å². The Morgan fingerprint density at radius 3 is 2.95 bits per heavy atom. The molecule has 0 spiro atoms. The maximum absolute atomic E-state index is 11.0. The van der Waals surface area contributed by atoms with Gasteiger partial charge >= 0.3 is 0 Å². The van der Waals surface area contributed by atoms with Gasteiger partial charge in [-0.1, -0.05) is 12.1 Å². The lowest BCUT2D eigenvalue weighted by Gasteiger charge is -2.15. The Kier molecular flexibility index (Phi) is 3.91. The van der Waals surface area contributed by atoms with Gasteiger partial charge in [0.05, 0.1) is 11.5 Å². The normalized spacial score (nSPS) is 12.3. The van der Waals surface area contributed by atoms with Crippen molar-refractivity contribution in [1.29, 1.82) is 0 Å². The molecule has 0 aliphatic rings. The summed E-state index contributed by atoms with van der Waals surface area (Å²) in [5.41, 5.74) is 1.22. The van der Waals surface area contributed by atoms with Crippen molar-refractivity contribution in [2.75, 3.05) is 19.0 Å². The molecule has 0 aliphatic heterocycles. The SMILES string of the molecule is COCC(C)Nc1ccnc2c([N+](=O)[O-])cccc12. The molecule has 0 aliphatic carbocycles. The first kappa shape index (κ1) is 13.2. The number of fused-ring (bicyclic) bond motifs is 1. The molecule has 2 aromatic rings. The molecule has 0 bridgehead atoms. The van der Waals surface area contributed by atoms with E-state index in [1.54, 1.807) is 25.4 Å². The van der Waals surface area contributed by atoms with Gasteiger partial charge in [-0.3, -0.25) is 10.1 Å². The van der Waals surface area contributed by atoms with E-state index >= 15 is 0 Å². The van der Waals surface area contributed by atoms with Crippen molar-refractivity contribution in [3.05, 3.63) is 40.6 Å². The van der Waals surface area contributed by atoms with Crippen LogP contribution in [-0.2, 0) is 4.74 Å². The Labute approximate surface area is 110 Å². The van der Waals surface area contributed by atoms with Crippen molar-refractivity contribution in [3.63, 3.8) is 0 Å². The third kappa shape index (κ3) is 2.79. The first-order valence-electron chi connectivity index (χ1n) is 5.91. The van der Waals surface area contributed by atoms with Crippen LogP contribution in [0, 0.1) is 10.1 Å². The van der Waals surface area contributed by atoms with Crippen LogP contribution >= 0.6 is 0 Å². The van der Waals surface area contributed by atoms with Crippen LogP contribution in [0.2, 0.25) is 0 Å². The second-order valence-corrected chi connectivity index (χ2v) is 4.29. The topological polar surface area (TPSA) is 77.3 Å². The minimum Gasteiger partial charge on any atom is -0.383 e. The molecule has 1 heterocycles. The fraction of sp³-hybridized carbons (Fsp3) is 0.308. The number of para-hydroxylation sites is 1. The number of anilines is 1. The zero-order chi connectivity index (χ0) is 13.8. The Bertz CT molecular complexity index is 601. The maximum atomic E-state index is 11.0. The highest BCUT2D eigenvalue weighted by atomic mass is 16.6. The number of rotatable bonds is 5. The third-order valence-electron chi connectivity index (χ3n) is 2.76. The molecule has 1 aromatic carbocycles. The molecule has 0 saturated heterocycles. The lowest BCUT2D eigenvalue weighted by molar-refractivity contribution is -0.383. The standard InChI is InChI=1S/C13H15N3O3/c1-9(8-19-2)15-11-6-7-14-13-10(11)4-3-5-12(13)16(17)18/h3-7,9H,8H2,1-2H3,(H,14,15). The molecule has 2 rings (SSSR count). The minimum absolute atomic E-state index is 0.0144. The van der Waals surface area contributed by atoms with Gasteiger partial charge in [0.2, 0.25) is 0 Å². The smallest absolute Gasteiger partial charge is 0.295 e. The minimum atomic E-state index is -0.419. The van der Waals surface area contributed by atoms with Gasteiger partial charge in [0, 0.05) is 36.5 Å². The Balaban J connectivity index is 2.46. The molecular formula is C13H15N3O3. The number of methoxy groups -OCH3 is 1. The molecule has 0 amide bonds. The van der Waals surface area contributed by atoms with Crippen molar-refractivity contribution >= 4 is 22.3 Å². The van der Waals surface area contributed by atoms with E-state index in [0.29, 0.717) is 12.1 Å². The second kappa shape index (κ2) is 5.62. The van der Waals surface area contributed by atoms with E-state index in [1.165, 1.54) is 6.07 Å². The molecule has 1 aromatic heterocycles. The van der Waals surface area contributed by atoms with Crippen molar-refractivity contribution in [2.45, 2.75) is 13.0 Å². The van der Waals surface area contributed by atoms with Crippen LogP contribution in [-0.4, -0.2) is 29.7 Å². The maximum Gasteiger partial charge on any atom is 0.295 e. The number of pyridine rings is 1. The predicted molar refractivity (Wildman–Crippen MR) is 73.4 cm³/mol. The number of hydrogen-bond acceptors (Lipinski definition) is 5. The number of aromatic nitrogens is 1. The molecular weight excluding hydrogens is 246 g/mol. The molecule has 6 heteroatoms. The first-order chi connectivity index (χ1) is 9.13. The van der Waals surface area contributed by atoms with Crippen LogP contribution in [0.15, 0.2) is 30.5 Å². The zero-order valence-corrected chi connectivity index (χ0v) is 10.8. The molecule has 1 unspecified atom stereocenters. The van der Waals surface area contributed by atoms with Crippen LogP contribution in [0.5, 0.6) is 0 Å². The lowest BCUT2D eigenvalue weighted by atomic mass is 10.1. The van der Waals surface area contributed by atoms with Gasteiger partial charge in [0.15, 0.2) is 0 Å². The summed E-state index contributed by atoms with van der Waals surface area (Å²) in [6.07, 6.45) is 1.57. The third-order valence-corrected chi connectivity index (χ3v) is 2.76. The summed E-state index contributed by atoms with van der Waals surface area (Å²) < 4.78 is 5.06. The van der Waals surface area contributed by atoms with Crippen LogP contribution in [0.3, 0.4) is 0 Å². The van der Waals surface area contributed by atoms with Crippen LogP contribution < -0.4 is 5.32 Å². The van der Waals surface area contributed by atoms with Crippen molar-refractivity contribution < 1.29 is 9.66 Å². The zero-order valence-electron chi connectivity index (χ0n) is 10.8. The van der Waals surface area contributed by atoms with E-state index in [2.05, 4.69) is 10.3 Å². The summed E-state index contributed by atoms with van der Waals surface area (Å²) >= 11 is 0. The van der Waals surface area contributed by atoms with Crippen molar-refractivity contribution in [2.24, 2.45) is 0 Å². The van der Waals surface area contributed by atoms with Crippen molar-refractivity contribution in [1.82, 2.24) is 4.98 Å². The van der Waals surface area contributed by atoms with E-state index < -0.39 is 4.92 Å². The van der Waals surface area contributed by atoms with E-state index in [0.717, 1.165) is 11.1 Å². The summed E-state index contributed by atoms with van der Waals surface area (Å²) in [6, 6.07) is 6.84. The number of nitro groups is 1. The quantitative estimate of drug-likeness (QED) is 0.661. The van der Waals surface area contributed by atoms with E-state index in [-0.39, 0.29) is 11.7 Å². The van der Waals surface area contributed by atoms with Gasteiger partial charge in [0.1, 0.15) is 5.52 Å². The molecule has 6 nitrogen and oxygen atoms in total. The number of ether oxygens (including phenoxy) is 1. The summed E-state index contributed by atoms with van der Waals surface area (Å²) in [5, 5.41) is 15.0. The highest BCUT2D eigenvalue weighted by molar-refractivity contribution is 5.96. The number of non-ortho nitro benzene ring substituents is 1. The number of nitrogens with zero attached hydrogens (tertiary/aromatic N) is 2. The van der Waals surface area contributed by atoms with Gasteiger partial charge in [-0.2, -0.15) is 0 Å². The molecule has 100 valence electrons. The number of nitro benzene ring substituents is 1. The van der Waals surface area contributed by atoms with Gasteiger partial charge in [-0.05, 0) is 13.0 Å². The van der Waals surface area contributed by atoms with Gasteiger partial charge < -0.3 is 10.1 Å². The Morgan fingerprint density at radius 2 is 2.26 bits per heavy atom. The lowest BCUT2D eigenvalue weighted by Crippen LogP contribution is -2.20. The molecule has 0 radical (unpaired) electrons. The van der Waals surface area contributed by atoms with Gasteiger partial charge in [0.25, 0.3) is 5.69 Å². The number of nitrogens with one attached hydrogen (secondary N) is 1. The van der Waals surface area contributed by atoms with Gasteiger partial charge in [-0.15, -0.1) is 0 Å². The van der Waals surface area contributed by atoms with Crippen molar-refractivity contribution in [3.8, 4) is 0 Å². The largest absolute Gasteiger partial charge is 0.383 e. The van der Waals surface area contributed by atoms with E-state index in [9.17, 15) is 10.1 Å². The highest BCUT2D eigenvalue weighted by Gasteiger charge is 2.14. The fourth-order valence-electron chi connectivity index (χ4n) is 1.99.